The number of aromatic nitrogens is 1. The molecule has 1 heterocycles. The number of hydrogen-bond acceptors (Lipinski definition) is 4. The molecule has 4 nitrogen and oxygen atoms in total. The number of likely N-dealkylation sites (N-methyl/N-ethyl adjacent to an activating group) is 1. The number of benzene rings is 1. The lowest BCUT2D eigenvalue weighted by Crippen LogP contribution is -2.48. The molecule has 4 heteroatoms. The van der Waals surface area contributed by atoms with Gasteiger partial charge in [-0.15, -0.1) is 0 Å². The molecular weight excluding hydrogens is 228 g/mol. The Bertz CT molecular complexity index is 524. The summed E-state index contributed by atoms with van der Waals surface area (Å²) in [6.07, 6.45) is 1.76. The van der Waals surface area contributed by atoms with Gasteiger partial charge >= 0.3 is 0 Å². The first-order valence-corrected chi connectivity index (χ1v) is 5.94. The van der Waals surface area contributed by atoms with E-state index in [-0.39, 0.29) is 6.61 Å². The molecule has 1 unspecified atom stereocenters. The second-order valence-electron chi connectivity index (χ2n) is 4.62. The molecule has 96 valence electrons. The minimum absolute atomic E-state index is 0.0231. The van der Waals surface area contributed by atoms with Gasteiger partial charge in [0.25, 0.3) is 0 Å². The molecule has 2 N–H and O–H groups in total. The maximum atomic E-state index is 9.28. The van der Waals surface area contributed by atoms with Crippen molar-refractivity contribution < 1.29 is 9.84 Å². The zero-order chi connectivity index (χ0) is 13.0. The Kier molecular flexibility index (Phi) is 3.79. The monoisotopic (exact) mass is 246 g/mol. The summed E-state index contributed by atoms with van der Waals surface area (Å²) in [6, 6.07) is 9.72. The van der Waals surface area contributed by atoms with Crippen LogP contribution in [0.25, 0.3) is 10.9 Å². The molecular formula is C14H18N2O2. The SMILES string of the molecule is CNC(C)(CO)COc1ccc2cccnc2c1. The molecule has 0 spiro atoms. The average Bonchev–Trinajstić information content (AvgIpc) is 2.44. The Morgan fingerprint density at radius 1 is 1.39 bits per heavy atom. The highest BCUT2D eigenvalue weighted by molar-refractivity contribution is 5.79. The summed E-state index contributed by atoms with van der Waals surface area (Å²) in [6.45, 7) is 2.33. The summed E-state index contributed by atoms with van der Waals surface area (Å²) >= 11 is 0. The Morgan fingerprint density at radius 3 is 2.94 bits per heavy atom. The van der Waals surface area contributed by atoms with Gasteiger partial charge in [-0.25, -0.2) is 0 Å². The molecule has 0 aliphatic heterocycles. The van der Waals surface area contributed by atoms with Crippen LogP contribution in [0.4, 0.5) is 0 Å². The van der Waals surface area contributed by atoms with Crippen molar-refractivity contribution in [1.82, 2.24) is 10.3 Å². The maximum absolute atomic E-state index is 9.28. The second kappa shape index (κ2) is 5.33. The van der Waals surface area contributed by atoms with Crippen molar-refractivity contribution in [2.45, 2.75) is 12.5 Å². The van der Waals surface area contributed by atoms with E-state index in [1.165, 1.54) is 0 Å². The maximum Gasteiger partial charge on any atom is 0.121 e. The van der Waals surface area contributed by atoms with Crippen molar-refractivity contribution >= 4 is 10.9 Å². The number of hydrogen-bond donors (Lipinski definition) is 2. The number of nitrogens with one attached hydrogen (secondary N) is 1. The van der Waals surface area contributed by atoms with Gasteiger partial charge in [-0.1, -0.05) is 6.07 Å². The number of rotatable bonds is 5. The number of ether oxygens (including phenoxy) is 1. The molecule has 0 radical (unpaired) electrons. The number of aliphatic hydroxyl groups excluding tert-OH is 1. The summed E-state index contributed by atoms with van der Waals surface area (Å²) in [5.41, 5.74) is 0.476. The molecule has 1 atom stereocenters. The van der Waals surface area contributed by atoms with Crippen molar-refractivity contribution in [1.29, 1.82) is 0 Å². The van der Waals surface area contributed by atoms with Gasteiger partial charge in [0.15, 0.2) is 0 Å². The fourth-order valence-electron chi connectivity index (χ4n) is 1.58. The summed E-state index contributed by atoms with van der Waals surface area (Å²) in [7, 11) is 1.81. The molecule has 2 rings (SSSR count). The highest BCUT2D eigenvalue weighted by atomic mass is 16.5. The molecule has 0 aliphatic carbocycles. The first-order valence-electron chi connectivity index (χ1n) is 5.94. The van der Waals surface area contributed by atoms with E-state index in [1.54, 1.807) is 6.20 Å². The van der Waals surface area contributed by atoms with Gasteiger partial charge < -0.3 is 15.2 Å². The van der Waals surface area contributed by atoms with Crippen LogP contribution in [0.3, 0.4) is 0 Å². The lowest BCUT2D eigenvalue weighted by molar-refractivity contribution is 0.122. The fraction of sp³-hybridized carbons (Fsp3) is 0.357. The quantitative estimate of drug-likeness (QED) is 0.841. The molecule has 0 saturated heterocycles. The van der Waals surface area contributed by atoms with Crippen molar-refractivity contribution in [2.75, 3.05) is 20.3 Å². The van der Waals surface area contributed by atoms with Crippen molar-refractivity contribution in [3.63, 3.8) is 0 Å². The average molecular weight is 246 g/mol. The molecule has 18 heavy (non-hydrogen) atoms. The zero-order valence-electron chi connectivity index (χ0n) is 10.7. The van der Waals surface area contributed by atoms with E-state index in [4.69, 9.17) is 4.74 Å². The minimum Gasteiger partial charge on any atom is -0.492 e. The summed E-state index contributed by atoms with van der Waals surface area (Å²) in [4.78, 5) is 4.28. The van der Waals surface area contributed by atoms with Crippen LogP contribution in [0.5, 0.6) is 5.75 Å². The molecule has 2 aromatic rings. The third-order valence-corrected chi connectivity index (χ3v) is 3.09. The van der Waals surface area contributed by atoms with Gasteiger partial charge in [0.2, 0.25) is 0 Å². The predicted octanol–water partition coefficient (Wildman–Crippen LogP) is 1.58. The van der Waals surface area contributed by atoms with Gasteiger partial charge in [0, 0.05) is 17.6 Å². The number of aliphatic hydroxyl groups is 1. The van der Waals surface area contributed by atoms with Crippen molar-refractivity contribution in [3.05, 3.63) is 36.5 Å². The number of fused-ring (bicyclic) bond motifs is 1. The van der Waals surface area contributed by atoms with Crippen LogP contribution in [0.2, 0.25) is 0 Å². The van der Waals surface area contributed by atoms with Gasteiger partial charge in [0.05, 0.1) is 17.7 Å². The molecule has 0 amide bonds. The van der Waals surface area contributed by atoms with E-state index < -0.39 is 5.54 Å². The van der Waals surface area contributed by atoms with E-state index in [0.29, 0.717) is 6.61 Å². The molecule has 1 aromatic heterocycles. The standard InChI is InChI=1S/C14H18N2O2/c1-14(9-17,15-2)10-18-12-6-5-11-4-3-7-16-13(11)8-12/h3-8,15,17H,9-10H2,1-2H3. The normalized spacial score (nSPS) is 14.4. The van der Waals surface area contributed by atoms with Crippen LogP contribution in [-0.2, 0) is 0 Å². The second-order valence-corrected chi connectivity index (χ2v) is 4.62. The fourth-order valence-corrected chi connectivity index (χ4v) is 1.58. The Hall–Kier alpha value is -1.65. The molecule has 0 fully saturated rings. The lowest BCUT2D eigenvalue weighted by Gasteiger charge is -2.26. The first kappa shape index (κ1) is 12.8. The lowest BCUT2D eigenvalue weighted by atomic mass is 10.1. The van der Waals surface area contributed by atoms with Crippen LogP contribution in [-0.4, -0.2) is 35.9 Å². The molecule has 1 aromatic carbocycles. The summed E-state index contributed by atoms with van der Waals surface area (Å²) < 4.78 is 5.70. The number of pyridine rings is 1. The Morgan fingerprint density at radius 2 is 2.22 bits per heavy atom. The van der Waals surface area contributed by atoms with Gasteiger partial charge in [-0.05, 0) is 32.2 Å². The van der Waals surface area contributed by atoms with E-state index in [0.717, 1.165) is 16.7 Å². The molecule has 0 aliphatic rings. The van der Waals surface area contributed by atoms with Crippen LogP contribution >= 0.6 is 0 Å². The smallest absolute Gasteiger partial charge is 0.121 e. The first-order chi connectivity index (χ1) is 8.67. The minimum atomic E-state index is -0.431. The van der Waals surface area contributed by atoms with E-state index in [9.17, 15) is 5.11 Å². The Labute approximate surface area is 107 Å². The van der Waals surface area contributed by atoms with Crippen LogP contribution < -0.4 is 10.1 Å². The van der Waals surface area contributed by atoms with E-state index >= 15 is 0 Å². The molecule has 0 saturated carbocycles. The summed E-state index contributed by atoms with van der Waals surface area (Å²) in [5, 5.41) is 13.4. The van der Waals surface area contributed by atoms with Crippen molar-refractivity contribution in [3.8, 4) is 5.75 Å². The Balaban J connectivity index is 2.12. The highest BCUT2D eigenvalue weighted by Gasteiger charge is 2.21. The largest absolute Gasteiger partial charge is 0.492 e. The van der Waals surface area contributed by atoms with Crippen molar-refractivity contribution in [2.24, 2.45) is 0 Å². The highest BCUT2D eigenvalue weighted by Crippen LogP contribution is 2.19. The van der Waals surface area contributed by atoms with Crippen LogP contribution in [0, 0.1) is 0 Å². The topological polar surface area (TPSA) is 54.4 Å². The third kappa shape index (κ3) is 2.78. The molecule has 0 bridgehead atoms. The number of nitrogens with zero attached hydrogens (tertiary/aromatic N) is 1. The van der Waals surface area contributed by atoms with Crippen LogP contribution in [0.15, 0.2) is 36.5 Å². The zero-order valence-corrected chi connectivity index (χ0v) is 10.7. The van der Waals surface area contributed by atoms with Gasteiger partial charge in [-0.3, -0.25) is 4.98 Å². The van der Waals surface area contributed by atoms with Crippen LogP contribution in [0.1, 0.15) is 6.92 Å². The van der Waals surface area contributed by atoms with E-state index in [2.05, 4.69) is 10.3 Å². The third-order valence-electron chi connectivity index (χ3n) is 3.09. The van der Waals surface area contributed by atoms with Gasteiger partial charge in [0.1, 0.15) is 12.4 Å². The van der Waals surface area contributed by atoms with Gasteiger partial charge in [-0.2, -0.15) is 0 Å². The van der Waals surface area contributed by atoms with E-state index in [1.807, 2.05) is 44.3 Å². The predicted molar refractivity (Wildman–Crippen MR) is 71.8 cm³/mol. The summed E-state index contributed by atoms with van der Waals surface area (Å²) in [5.74, 6) is 0.760.